The zero-order valence-corrected chi connectivity index (χ0v) is 6.77. The smallest absolute Gasteiger partial charge is 0.115 e. The molecule has 0 fully saturated rings. The van der Waals surface area contributed by atoms with Gasteiger partial charge in [0.2, 0.25) is 0 Å². The lowest BCUT2D eigenvalue weighted by Crippen LogP contribution is -2.33. The van der Waals surface area contributed by atoms with E-state index in [-0.39, 0.29) is 5.54 Å². The molecule has 0 saturated heterocycles. The Morgan fingerprint density at radius 3 is 2.33 bits per heavy atom. The van der Waals surface area contributed by atoms with Crippen molar-refractivity contribution in [2.75, 3.05) is 0 Å². The molecule has 0 aliphatic heterocycles. The molecule has 0 aromatic carbocycles. The topological polar surface area (TPSA) is 51.8 Å². The molecule has 0 saturated carbocycles. The Bertz CT molecular complexity index is 284. The summed E-state index contributed by atoms with van der Waals surface area (Å²) in [4.78, 5) is 7.91. The first-order chi connectivity index (χ1) is 5.81. The fraction of sp³-hybridized carbons (Fsp3) is 0.333. The maximum absolute atomic E-state index is 6.14. The first-order valence-electron chi connectivity index (χ1n) is 4.01. The summed E-state index contributed by atoms with van der Waals surface area (Å²) in [5.41, 5.74) is 6.91. The molecule has 62 valence electrons. The van der Waals surface area contributed by atoms with Crippen LogP contribution in [-0.2, 0) is 5.54 Å². The first kappa shape index (κ1) is 7.43. The molecule has 3 nitrogen and oxygen atoms in total. The third-order valence-electron chi connectivity index (χ3n) is 2.27. The van der Waals surface area contributed by atoms with Crippen molar-refractivity contribution in [3.63, 3.8) is 0 Å². The second-order valence-electron chi connectivity index (χ2n) is 3.16. The van der Waals surface area contributed by atoms with Crippen molar-refractivity contribution in [3.8, 4) is 0 Å². The number of nitrogens with zero attached hydrogens (tertiary/aromatic N) is 2. The Morgan fingerprint density at radius 2 is 1.75 bits per heavy atom. The highest BCUT2D eigenvalue weighted by Gasteiger charge is 2.28. The van der Waals surface area contributed by atoms with Gasteiger partial charge < -0.3 is 5.73 Å². The number of hydrogen-bond donors (Lipinski definition) is 1. The van der Waals surface area contributed by atoms with Crippen molar-refractivity contribution < 1.29 is 0 Å². The van der Waals surface area contributed by atoms with Crippen LogP contribution in [0.1, 0.15) is 18.4 Å². The lowest BCUT2D eigenvalue weighted by Gasteiger charge is -2.22. The van der Waals surface area contributed by atoms with Crippen molar-refractivity contribution >= 4 is 0 Å². The molecule has 0 unspecified atom stereocenters. The van der Waals surface area contributed by atoms with Crippen LogP contribution in [0.25, 0.3) is 0 Å². The maximum Gasteiger partial charge on any atom is 0.115 e. The van der Waals surface area contributed by atoms with E-state index in [1.165, 1.54) is 6.33 Å². The van der Waals surface area contributed by atoms with Crippen LogP contribution in [0.5, 0.6) is 0 Å². The molecule has 1 heterocycles. The minimum atomic E-state index is -0.249. The summed E-state index contributed by atoms with van der Waals surface area (Å²) in [7, 11) is 0. The minimum Gasteiger partial charge on any atom is -0.321 e. The van der Waals surface area contributed by atoms with Crippen molar-refractivity contribution in [2.24, 2.45) is 5.73 Å². The van der Waals surface area contributed by atoms with E-state index < -0.39 is 0 Å². The van der Waals surface area contributed by atoms with Gasteiger partial charge in [0.05, 0.1) is 5.54 Å². The number of rotatable bonds is 1. The lowest BCUT2D eigenvalue weighted by atomic mass is 9.91. The predicted octanol–water partition coefficient (Wildman–Crippen LogP) is 0.981. The van der Waals surface area contributed by atoms with Crippen molar-refractivity contribution in [1.29, 1.82) is 0 Å². The van der Waals surface area contributed by atoms with Gasteiger partial charge in [0.1, 0.15) is 6.33 Å². The quantitative estimate of drug-likeness (QED) is 0.625. The van der Waals surface area contributed by atoms with Crippen molar-refractivity contribution in [1.82, 2.24) is 9.97 Å². The summed E-state index contributed by atoms with van der Waals surface area (Å²) in [6, 6.07) is 0. The normalized spacial score (nSPS) is 19.8. The lowest BCUT2D eigenvalue weighted by molar-refractivity contribution is 0.476. The molecule has 2 N–H and O–H groups in total. The van der Waals surface area contributed by atoms with Crippen molar-refractivity contribution in [2.45, 2.75) is 18.4 Å². The van der Waals surface area contributed by atoms with Gasteiger partial charge in [-0.05, 0) is 12.8 Å². The van der Waals surface area contributed by atoms with Crippen LogP contribution >= 0.6 is 0 Å². The summed E-state index contributed by atoms with van der Waals surface area (Å²) in [5.74, 6) is 0. The van der Waals surface area contributed by atoms with Gasteiger partial charge in [0.25, 0.3) is 0 Å². The van der Waals surface area contributed by atoms with Crippen molar-refractivity contribution in [3.05, 3.63) is 36.4 Å². The van der Waals surface area contributed by atoms with Crippen LogP contribution in [0, 0.1) is 0 Å². The largest absolute Gasteiger partial charge is 0.321 e. The molecule has 0 atom stereocenters. The monoisotopic (exact) mass is 161 g/mol. The fourth-order valence-corrected chi connectivity index (χ4v) is 1.46. The van der Waals surface area contributed by atoms with E-state index in [2.05, 4.69) is 22.1 Å². The Kier molecular flexibility index (Phi) is 1.66. The van der Waals surface area contributed by atoms with Crippen LogP contribution in [0.2, 0.25) is 0 Å². The molecule has 1 aliphatic carbocycles. The Labute approximate surface area is 71.3 Å². The van der Waals surface area contributed by atoms with E-state index in [1.54, 1.807) is 12.4 Å². The molecule has 1 aromatic heterocycles. The van der Waals surface area contributed by atoms with Gasteiger partial charge in [-0.2, -0.15) is 0 Å². The van der Waals surface area contributed by atoms with Crippen LogP contribution in [0.3, 0.4) is 0 Å². The molecular formula is C9H11N3. The molecular weight excluding hydrogens is 150 g/mol. The van der Waals surface area contributed by atoms with Gasteiger partial charge in [-0.1, -0.05) is 12.2 Å². The van der Waals surface area contributed by atoms with E-state index in [0.717, 1.165) is 18.4 Å². The van der Waals surface area contributed by atoms with Gasteiger partial charge in [-0.25, -0.2) is 9.97 Å². The fourth-order valence-electron chi connectivity index (χ4n) is 1.46. The molecule has 12 heavy (non-hydrogen) atoms. The standard InChI is InChI=1S/C9H11N3/c10-9(3-1-2-4-9)8-5-11-7-12-6-8/h1-2,5-7H,3-4,10H2. The maximum atomic E-state index is 6.14. The summed E-state index contributed by atoms with van der Waals surface area (Å²) in [5, 5.41) is 0. The van der Waals surface area contributed by atoms with E-state index >= 15 is 0 Å². The zero-order chi connectivity index (χ0) is 8.44. The van der Waals surface area contributed by atoms with E-state index in [9.17, 15) is 0 Å². The van der Waals surface area contributed by atoms with Crippen LogP contribution < -0.4 is 5.73 Å². The Hall–Kier alpha value is -1.22. The number of nitrogens with two attached hydrogens (primary N) is 1. The first-order valence-corrected chi connectivity index (χ1v) is 4.01. The third kappa shape index (κ3) is 1.12. The predicted molar refractivity (Wildman–Crippen MR) is 46.3 cm³/mol. The second kappa shape index (κ2) is 2.68. The van der Waals surface area contributed by atoms with Gasteiger partial charge in [-0.15, -0.1) is 0 Å². The average molecular weight is 161 g/mol. The third-order valence-corrected chi connectivity index (χ3v) is 2.27. The zero-order valence-electron chi connectivity index (χ0n) is 6.77. The van der Waals surface area contributed by atoms with Crippen LogP contribution in [0.4, 0.5) is 0 Å². The Balaban J connectivity index is 2.31. The summed E-state index contributed by atoms with van der Waals surface area (Å²) >= 11 is 0. The second-order valence-corrected chi connectivity index (χ2v) is 3.16. The van der Waals surface area contributed by atoms with Crippen LogP contribution in [0.15, 0.2) is 30.9 Å². The number of aromatic nitrogens is 2. The SMILES string of the molecule is NC1(c2cncnc2)CC=CC1. The van der Waals surface area contributed by atoms with Gasteiger partial charge >= 0.3 is 0 Å². The summed E-state index contributed by atoms with van der Waals surface area (Å²) in [6.45, 7) is 0. The summed E-state index contributed by atoms with van der Waals surface area (Å²) in [6.07, 6.45) is 11.1. The van der Waals surface area contributed by atoms with Gasteiger partial charge in [0, 0.05) is 18.0 Å². The minimum absolute atomic E-state index is 0.249. The average Bonchev–Trinajstić information content (AvgIpc) is 2.55. The molecule has 1 aromatic rings. The van der Waals surface area contributed by atoms with E-state index in [4.69, 9.17) is 5.73 Å². The van der Waals surface area contributed by atoms with E-state index in [1.807, 2.05) is 0 Å². The molecule has 2 rings (SSSR count). The molecule has 0 spiro atoms. The number of hydrogen-bond acceptors (Lipinski definition) is 3. The highest BCUT2D eigenvalue weighted by atomic mass is 14.8. The highest BCUT2D eigenvalue weighted by molar-refractivity contribution is 5.23. The van der Waals surface area contributed by atoms with Crippen LogP contribution in [-0.4, -0.2) is 9.97 Å². The molecule has 1 aliphatic rings. The Morgan fingerprint density at radius 1 is 1.17 bits per heavy atom. The molecule has 0 bridgehead atoms. The van der Waals surface area contributed by atoms with E-state index in [0.29, 0.717) is 0 Å². The molecule has 0 amide bonds. The highest BCUT2D eigenvalue weighted by Crippen LogP contribution is 2.30. The molecule has 0 radical (unpaired) electrons. The van der Waals surface area contributed by atoms with Gasteiger partial charge in [-0.3, -0.25) is 0 Å². The van der Waals surface area contributed by atoms with Gasteiger partial charge in [0.15, 0.2) is 0 Å². The summed E-state index contributed by atoms with van der Waals surface area (Å²) < 4.78 is 0. The molecule has 3 heteroatoms.